The zero-order chi connectivity index (χ0) is 12.7. The molecule has 3 aromatic rings. The predicted molar refractivity (Wildman–Crippen MR) is 80.4 cm³/mol. The van der Waals surface area contributed by atoms with Crippen molar-refractivity contribution in [1.29, 1.82) is 0 Å². The molecular formula is C16H12OS. The highest BCUT2D eigenvalue weighted by Gasteiger charge is 2.06. The molecule has 0 aliphatic carbocycles. The third-order valence-electron chi connectivity index (χ3n) is 3.09. The van der Waals surface area contributed by atoms with Crippen LogP contribution in [0.1, 0.15) is 11.1 Å². The minimum Gasteiger partial charge on any atom is -0.289 e. The first kappa shape index (κ1) is 11.2. The summed E-state index contributed by atoms with van der Waals surface area (Å²) in [5.74, 6) is 0. The molecule has 0 bridgehead atoms. The van der Waals surface area contributed by atoms with E-state index in [0.717, 1.165) is 31.3 Å². The SMILES string of the molecule is C=Cc1ccc2c(=O)c3cc(C)ccc3sc2c1. The predicted octanol–water partition coefficient (Wildman–Crippen LogP) is 4.37. The van der Waals surface area contributed by atoms with Crippen LogP contribution in [0.4, 0.5) is 0 Å². The third-order valence-corrected chi connectivity index (χ3v) is 4.22. The lowest BCUT2D eigenvalue weighted by atomic mass is 10.1. The van der Waals surface area contributed by atoms with E-state index in [0.29, 0.717) is 0 Å². The van der Waals surface area contributed by atoms with Crippen LogP contribution in [0.5, 0.6) is 0 Å². The summed E-state index contributed by atoms with van der Waals surface area (Å²) in [5.41, 5.74) is 2.29. The molecule has 88 valence electrons. The first-order valence-electron chi connectivity index (χ1n) is 5.79. The maximum absolute atomic E-state index is 12.4. The van der Waals surface area contributed by atoms with Gasteiger partial charge in [-0.2, -0.15) is 0 Å². The van der Waals surface area contributed by atoms with Crippen molar-refractivity contribution in [2.24, 2.45) is 0 Å². The fourth-order valence-corrected chi connectivity index (χ4v) is 3.21. The van der Waals surface area contributed by atoms with Crippen molar-refractivity contribution in [3.05, 3.63) is 64.3 Å². The lowest BCUT2D eigenvalue weighted by Crippen LogP contribution is -2.01. The van der Waals surface area contributed by atoms with Gasteiger partial charge < -0.3 is 0 Å². The van der Waals surface area contributed by atoms with E-state index in [1.807, 2.05) is 43.3 Å². The Morgan fingerprint density at radius 1 is 1.06 bits per heavy atom. The number of rotatable bonds is 1. The molecule has 0 amide bonds. The zero-order valence-electron chi connectivity index (χ0n) is 10.1. The Kier molecular flexibility index (Phi) is 2.53. The van der Waals surface area contributed by atoms with Crippen molar-refractivity contribution in [3.63, 3.8) is 0 Å². The molecule has 1 aromatic heterocycles. The smallest absolute Gasteiger partial charge is 0.195 e. The van der Waals surface area contributed by atoms with Crippen molar-refractivity contribution in [3.8, 4) is 0 Å². The topological polar surface area (TPSA) is 17.1 Å². The average Bonchev–Trinajstić information content (AvgIpc) is 2.39. The zero-order valence-corrected chi connectivity index (χ0v) is 10.9. The second kappa shape index (κ2) is 4.07. The Labute approximate surface area is 109 Å². The second-order valence-electron chi connectivity index (χ2n) is 4.39. The molecular weight excluding hydrogens is 240 g/mol. The summed E-state index contributed by atoms with van der Waals surface area (Å²) < 4.78 is 2.06. The molecule has 3 rings (SSSR count). The van der Waals surface area contributed by atoms with E-state index < -0.39 is 0 Å². The summed E-state index contributed by atoms with van der Waals surface area (Å²) in [7, 11) is 0. The van der Waals surface area contributed by atoms with E-state index in [-0.39, 0.29) is 5.43 Å². The molecule has 18 heavy (non-hydrogen) atoms. The highest BCUT2D eigenvalue weighted by molar-refractivity contribution is 7.24. The van der Waals surface area contributed by atoms with E-state index in [1.54, 1.807) is 17.4 Å². The van der Waals surface area contributed by atoms with Gasteiger partial charge in [-0.05, 0) is 36.8 Å². The molecule has 0 unspecified atom stereocenters. The van der Waals surface area contributed by atoms with Crippen molar-refractivity contribution in [2.75, 3.05) is 0 Å². The van der Waals surface area contributed by atoms with Gasteiger partial charge in [0, 0.05) is 20.2 Å². The summed E-state index contributed by atoms with van der Waals surface area (Å²) in [5, 5.41) is 1.61. The number of benzene rings is 2. The van der Waals surface area contributed by atoms with Gasteiger partial charge in [0.25, 0.3) is 0 Å². The number of fused-ring (bicyclic) bond motifs is 2. The fraction of sp³-hybridized carbons (Fsp3) is 0.0625. The Hall–Kier alpha value is -1.93. The van der Waals surface area contributed by atoms with Gasteiger partial charge in [0.2, 0.25) is 0 Å². The van der Waals surface area contributed by atoms with Gasteiger partial charge >= 0.3 is 0 Å². The van der Waals surface area contributed by atoms with Crippen molar-refractivity contribution in [1.82, 2.24) is 0 Å². The summed E-state index contributed by atoms with van der Waals surface area (Å²) >= 11 is 1.66. The van der Waals surface area contributed by atoms with Crippen LogP contribution in [-0.4, -0.2) is 0 Å². The molecule has 2 heteroatoms. The minimum absolute atomic E-state index is 0.123. The van der Waals surface area contributed by atoms with Gasteiger partial charge in [0.15, 0.2) is 5.43 Å². The lowest BCUT2D eigenvalue weighted by molar-refractivity contribution is 1.51. The third kappa shape index (κ3) is 1.66. The first-order chi connectivity index (χ1) is 8.69. The molecule has 0 N–H and O–H groups in total. The highest BCUT2D eigenvalue weighted by Crippen LogP contribution is 2.26. The van der Waals surface area contributed by atoms with E-state index in [4.69, 9.17) is 0 Å². The van der Waals surface area contributed by atoms with Crippen LogP contribution in [0.25, 0.3) is 26.2 Å². The van der Waals surface area contributed by atoms with E-state index in [1.165, 1.54) is 0 Å². The van der Waals surface area contributed by atoms with Gasteiger partial charge in [-0.1, -0.05) is 30.4 Å². The van der Waals surface area contributed by atoms with Gasteiger partial charge in [0.05, 0.1) is 0 Å². The minimum atomic E-state index is 0.123. The molecule has 0 spiro atoms. The Bertz CT molecular complexity index is 827. The van der Waals surface area contributed by atoms with Gasteiger partial charge in [-0.15, -0.1) is 11.3 Å². The highest BCUT2D eigenvalue weighted by atomic mass is 32.1. The molecule has 0 radical (unpaired) electrons. The van der Waals surface area contributed by atoms with Crippen LogP contribution in [0, 0.1) is 6.92 Å². The molecule has 0 saturated heterocycles. The summed E-state index contributed by atoms with van der Waals surface area (Å²) in [6, 6.07) is 11.9. The monoisotopic (exact) mass is 252 g/mol. The van der Waals surface area contributed by atoms with Crippen molar-refractivity contribution < 1.29 is 0 Å². The number of aryl methyl sites for hydroxylation is 1. The first-order valence-corrected chi connectivity index (χ1v) is 6.60. The lowest BCUT2D eigenvalue weighted by Gasteiger charge is -2.03. The average molecular weight is 252 g/mol. The van der Waals surface area contributed by atoms with Crippen LogP contribution >= 0.6 is 11.3 Å². The Balaban J connectivity index is 2.51. The van der Waals surface area contributed by atoms with Crippen molar-refractivity contribution >= 4 is 37.6 Å². The van der Waals surface area contributed by atoms with Gasteiger partial charge in [0.1, 0.15) is 0 Å². The van der Waals surface area contributed by atoms with Crippen LogP contribution in [0.2, 0.25) is 0 Å². The van der Waals surface area contributed by atoms with Crippen LogP contribution in [0.15, 0.2) is 47.8 Å². The molecule has 0 aliphatic rings. The molecule has 0 aliphatic heterocycles. The quantitative estimate of drug-likeness (QED) is 0.588. The molecule has 0 fully saturated rings. The van der Waals surface area contributed by atoms with E-state index >= 15 is 0 Å². The molecule has 1 heterocycles. The Morgan fingerprint density at radius 2 is 1.89 bits per heavy atom. The number of hydrogen-bond donors (Lipinski definition) is 0. The van der Waals surface area contributed by atoms with Crippen LogP contribution < -0.4 is 5.43 Å². The number of hydrogen-bond acceptors (Lipinski definition) is 2. The van der Waals surface area contributed by atoms with Gasteiger partial charge in [-0.3, -0.25) is 4.79 Å². The molecule has 0 atom stereocenters. The Morgan fingerprint density at radius 3 is 2.67 bits per heavy atom. The second-order valence-corrected chi connectivity index (χ2v) is 5.47. The normalized spacial score (nSPS) is 10.9. The molecule has 1 nitrogen and oxygen atoms in total. The van der Waals surface area contributed by atoms with E-state index in [2.05, 4.69) is 6.58 Å². The maximum Gasteiger partial charge on any atom is 0.195 e. The standard InChI is InChI=1S/C16H12OS/c1-3-11-5-6-12-15(9-11)18-14-7-4-10(2)8-13(14)16(12)17/h3-9H,1H2,2H3. The van der Waals surface area contributed by atoms with Crippen LogP contribution in [0.3, 0.4) is 0 Å². The van der Waals surface area contributed by atoms with Crippen molar-refractivity contribution in [2.45, 2.75) is 6.92 Å². The van der Waals surface area contributed by atoms with Crippen LogP contribution in [-0.2, 0) is 0 Å². The molecule has 2 aromatic carbocycles. The van der Waals surface area contributed by atoms with Gasteiger partial charge in [-0.25, -0.2) is 0 Å². The summed E-state index contributed by atoms with van der Waals surface area (Å²) in [4.78, 5) is 12.4. The molecule has 0 saturated carbocycles. The summed E-state index contributed by atoms with van der Waals surface area (Å²) in [6.45, 7) is 5.77. The summed E-state index contributed by atoms with van der Waals surface area (Å²) in [6.07, 6.45) is 1.80. The maximum atomic E-state index is 12.4. The largest absolute Gasteiger partial charge is 0.289 e. The van der Waals surface area contributed by atoms with E-state index in [9.17, 15) is 4.79 Å². The fourth-order valence-electron chi connectivity index (χ4n) is 2.11.